The third-order valence-electron chi connectivity index (χ3n) is 7.47. The summed E-state index contributed by atoms with van der Waals surface area (Å²) >= 11 is 0. The molecule has 1 fully saturated rings. The van der Waals surface area contributed by atoms with Crippen LogP contribution in [0.25, 0.3) is 28.0 Å². The number of pyridine rings is 1. The second-order valence-corrected chi connectivity index (χ2v) is 12.3. The summed E-state index contributed by atoms with van der Waals surface area (Å²) < 4.78 is 57.5. The van der Waals surface area contributed by atoms with Gasteiger partial charge in [0.1, 0.15) is 17.3 Å². The van der Waals surface area contributed by atoms with E-state index in [2.05, 4.69) is 22.6 Å². The number of halogens is 2. The van der Waals surface area contributed by atoms with E-state index < -0.39 is 38.9 Å². The Kier molecular flexibility index (Phi) is 7.92. The normalized spacial score (nSPS) is 15.3. The smallest absolute Gasteiger partial charge is 0.355 e. The van der Waals surface area contributed by atoms with Crippen LogP contribution in [0, 0.1) is 29.9 Å². The van der Waals surface area contributed by atoms with Crippen LogP contribution in [0.1, 0.15) is 12.0 Å². The Hall–Kier alpha value is -5.16. The van der Waals surface area contributed by atoms with Crippen molar-refractivity contribution >= 4 is 38.3 Å². The number of rotatable bonds is 6. The van der Waals surface area contributed by atoms with Gasteiger partial charge in [0.2, 0.25) is 5.91 Å². The van der Waals surface area contributed by atoms with E-state index in [-0.39, 0.29) is 70.6 Å². The molecule has 2 aromatic carbocycles. The van der Waals surface area contributed by atoms with Gasteiger partial charge in [-0.15, -0.1) is 0 Å². The lowest BCUT2D eigenvalue weighted by molar-refractivity contribution is -0.128. The standard InChI is InChI=1S/C30H27F2N7O4S/c1-4-24(40)38-14-13-37(16-18(38)11-12-33)28-19-15-21(32)26(25-20(31)8-6-9-22(25)34)35-29(19)39(30(41)36-28)27-17(2)7-5-10-23(27)44(3,42)43/h4-10,15,18H,1,11,13-14,16,34H2,2-3H3. The number of nitrogens with zero attached hydrogens (tertiary/aromatic N) is 6. The summed E-state index contributed by atoms with van der Waals surface area (Å²) in [4.78, 5) is 37.9. The lowest BCUT2D eigenvalue weighted by Crippen LogP contribution is -2.55. The van der Waals surface area contributed by atoms with Crippen molar-refractivity contribution in [3.63, 3.8) is 0 Å². The van der Waals surface area contributed by atoms with Crippen LogP contribution in [0.4, 0.5) is 20.3 Å². The van der Waals surface area contributed by atoms with Gasteiger partial charge in [-0.3, -0.25) is 4.79 Å². The van der Waals surface area contributed by atoms with Gasteiger partial charge >= 0.3 is 5.69 Å². The summed E-state index contributed by atoms with van der Waals surface area (Å²) in [5.41, 5.74) is 4.30. The van der Waals surface area contributed by atoms with Crippen molar-refractivity contribution in [2.24, 2.45) is 0 Å². The van der Waals surface area contributed by atoms with E-state index in [0.29, 0.717) is 5.56 Å². The predicted molar refractivity (Wildman–Crippen MR) is 161 cm³/mol. The molecule has 11 nitrogen and oxygen atoms in total. The topological polar surface area (TPSA) is 155 Å². The van der Waals surface area contributed by atoms with Crippen LogP contribution >= 0.6 is 0 Å². The van der Waals surface area contributed by atoms with Crippen molar-refractivity contribution in [3.8, 4) is 23.0 Å². The fraction of sp³-hybridized carbons (Fsp3) is 0.233. The molecule has 1 aliphatic rings. The van der Waals surface area contributed by atoms with Crippen molar-refractivity contribution in [2.75, 3.05) is 36.5 Å². The number of sulfone groups is 1. The van der Waals surface area contributed by atoms with Crippen LogP contribution < -0.4 is 16.3 Å². The molecule has 14 heteroatoms. The third kappa shape index (κ3) is 5.26. The maximum atomic E-state index is 15.9. The van der Waals surface area contributed by atoms with Gasteiger partial charge < -0.3 is 15.5 Å². The molecule has 1 atom stereocenters. The molecule has 0 aliphatic carbocycles. The number of nitriles is 1. The predicted octanol–water partition coefficient (Wildman–Crippen LogP) is 3.14. The molecule has 0 spiro atoms. The zero-order valence-electron chi connectivity index (χ0n) is 23.8. The molecule has 5 rings (SSSR count). The Bertz CT molecular complexity index is 2040. The highest BCUT2D eigenvalue weighted by atomic mass is 32.2. The molecule has 1 aliphatic heterocycles. The molecule has 0 bridgehead atoms. The Labute approximate surface area is 251 Å². The van der Waals surface area contributed by atoms with Gasteiger partial charge in [-0.25, -0.2) is 31.5 Å². The highest BCUT2D eigenvalue weighted by molar-refractivity contribution is 7.90. The summed E-state index contributed by atoms with van der Waals surface area (Å²) in [6, 6.07) is 10.7. The first kappa shape index (κ1) is 30.3. The first-order valence-electron chi connectivity index (χ1n) is 13.4. The minimum Gasteiger partial charge on any atom is -0.398 e. The highest BCUT2D eigenvalue weighted by Crippen LogP contribution is 2.35. The number of aromatic nitrogens is 3. The minimum absolute atomic E-state index is 0.00355. The molecular weight excluding hydrogens is 592 g/mol. The number of carbonyl (C=O) groups is 1. The van der Waals surface area contributed by atoms with Gasteiger partial charge in [-0.1, -0.05) is 24.8 Å². The Morgan fingerprint density at radius 3 is 2.57 bits per heavy atom. The first-order chi connectivity index (χ1) is 20.9. The van der Waals surface area contributed by atoms with Crippen LogP contribution in [-0.4, -0.2) is 65.7 Å². The monoisotopic (exact) mass is 619 g/mol. The molecule has 0 saturated carbocycles. The molecule has 4 aromatic rings. The summed E-state index contributed by atoms with van der Waals surface area (Å²) in [6.07, 6.45) is 2.10. The fourth-order valence-electron chi connectivity index (χ4n) is 5.47. The molecule has 1 amide bonds. The number of amides is 1. The molecule has 1 saturated heterocycles. The Balaban J connectivity index is 1.85. The summed E-state index contributed by atoms with van der Waals surface area (Å²) in [5.74, 6) is -2.19. The highest BCUT2D eigenvalue weighted by Gasteiger charge is 2.32. The minimum atomic E-state index is -3.89. The van der Waals surface area contributed by atoms with Crippen LogP contribution in [-0.2, 0) is 14.6 Å². The van der Waals surface area contributed by atoms with Crippen molar-refractivity contribution in [1.82, 2.24) is 19.4 Å². The van der Waals surface area contributed by atoms with Gasteiger partial charge in [0.15, 0.2) is 21.3 Å². The molecule has 2 N–H and O–H groups in total. The number of anilines is 2. The number of para-hydroxylation sites is 1. The second kappa shape index (κ2) is 11.5. The molecule has 226 valence electrons. The number of nitrogen functional groups attached to an aromatic ring is 1. The lowest BCUT2D eigenvalue weighted by Gasteiger charge is -2.41. The van der Waals surface area contributed by atoms with E-state index >= 15 is 4.39 Å². The van der Waals surface area contributed by atoms with E-state index in [1.807, 2.05) is 0 Å². The van der Waals surface area contributed by atoms with Crippen LogP contribution in [0.15, 0.2) is 64.8 Å². The van der Waals surface area contributed by atoms with E-state index in [1.165, 1.54) is 29.2 Å². The van der Waals surface area contributed by atoms with Crippen LogP contribution in [0.2, 0.25) is 0 Å². The Morgan fingerprint density at radius 2 is 1.91 bits per heavy atom. The zero-order valence-corrected chi connectivity index (χ0v) is 24.6. The third-order valence-corrected chi connectivity index (χ3v) is 8.60. The van der Waals surface area contributed by atoms with Crippen LogP contribution in [0.5, 0.6) is 0 Å². The number of nitrogens with two attached hydrogens (primary N) is 1. The summed E-state index contributed by atoms with van der Waals surface area (Å²) in [5, 5.41) is 9.43. The van der Waals surface area contributed by atoms with E-state index in [4.69, 9.17) is 5.73 Å². The van der Waals surface area contributed by atoms with Crippen molar-refractivity contribution in [1.29, 1.82) is 5.26 Å². The van der Waals surface area contributed by atoms with E-state index in [0.717, 1.165) is 29.0 Å². The largest absolute Gasteiger partial charge is 0.398 e. The zero-order chi connectivity index (χ0) is 31.9. The van der Waals surface area contributed by atoms with Gasteiger partial charge in [0.05, 0.1) is 40.1 Å². The van der Waals surface area contributed by atoms with Crippen LogP contribution in [0.3, 0.4) is 0 Å². The first-order valence-corrected chi connectivity index (χ1v) is 15.3. The van der Waals surface area contributed by atoms with Crippen molar-refractivity contribution in [3.05, 3.63) is 82.8 Å². The number of fused-ring (bicyclic) bond motifs is 1. The number of piperazine rings is 1. The van der Waals surface area contributed by atoms with Gasteiger partial charge in [0.25, 0.3) is 0 Å². The maximum absolute atomic E-state index is 15.9. The maximum Gasteiger partial charge on any atom is 0.355 e. The van der Waals surface area contributed by atoms with Crippen molar-refractivity contribution in [2.45, 2.75) is 24.3 Å². The van der Waals surface area contributed by atoms with Gasteiger partial charge in [-0.05, 0) is 42.8 Å². The molecule has 3 heterocycles. The summed E-state index contributed by atoms with van der Waals surface area (Å²) in [6.45, 7) is 5.49. The Morgan fingerprint density at radius 1 is 1.18 bits per heavy atom. The number of carbonyl (C=O) groups excluding carboxylic acids is 1. The summed E-state index contributed by atoms with van der Waals surface area (Å²) in [7, 11) is -3.89. The number of hydrogen-bond acceptors (Lipinski definition) is 9. The average molecular weight is 620 g/mol. The molecule has 44 heavy (non-hydrogen) atoms. The number of hydrogen-bond donors (Lipinski definition) is 1. The van der Waals surface area contributed by atoms with Gasteiger partial charge in [-0.2, -0.15) is 10.2 Å². The molecule has 0 radical (unpaired) electrons. The number of benzene rings is 2. The molecule has 1 unspecified atom stereocenters. The fourth-order valence-corrected chi connectivity index (χ4v) is 6.40. The molecule has 2 aromatic heterocycles. The molecular formula is C30H27F2N7O4S. The second-order valence-electron chi connectivity index (χ2n) is 10.3. The average Bonchev–Trinajstić information content (AvgIpc) is 2.97. The van der Waals surface area contributed by atoms with E-state index in [1.54, 1.807) is 17.9 Å². The van der Waals surface area contributed by atoms with Crippen molar-refractivity contribution < 1.29 is 22.0 Å². The SMILES string of the molecule is C=CC(=O)N1CCN(c2nc(=O)n(-c3c(C)cccc3S(C)(=O)=O)c3nc(-c4c(N)cccc4F)c(F)cc23)CC1CC#N. The van der Waals surface area contributed by atoms with E-state index in [9.17, 15) is 27.7 Å². The van der Waals surface area contributed by atoms with Gasteiger partial charge in [0, 0.05) is 31.6 Å². The number of aryl methyl sites for hydroxylation is 1. The lowest BCUT2D eigenvalue weighted by atomic mass is 10.1. The quantitative estimate of drug-likeness (QED) is 0.253.